The molecule has 6 aromatic rings. The van der Waals surface area contributed by atoms with Gasteiger partial charge in [-0.25, -0.2) is 0 Å². The first-order valence-electron chi connectivity index (χ1n) is 15.4. The van der Waals surface area contributed by atoms with E-state index in [1.54, 1.807) is 0 Å². The van der Waals surface area contributed by atoms with Crippen LogP contribution in [0.2, 0.25) is 19.6 Å². The Kier molecular flexibility index (Phi) is 6.48. The molecule has 0 aliphatic carbocycles. The maximum absolute atomic E-state index is 7.85. The van der Waals surface area contributed by atoms with E-state index in [0.717, 1.165) is 33.8 Å². The van der Waals surface area contributed by atoms with Crippen LogP contribution >= 0.6 is 0 Å². The third-order valence-corrected chi connectivity index (χ3v) is 8.33. The number of rotatable bonds is 3. The van der Waals surface area contributed by atoms with Crippen molar-refractivity contribution in [3.63, 3.8) is 0 Å². The summed E-state index contributed by atoms with van der Waals surface area (Å²) in [7, 11) is -1.75. The van der Waals surface area contributed by atoms with Crippen LogP contribution in [0.1, 0.15) is 24.9 Å². The molecule has 0 spiro atoms. The van der Waals surface area contributed by atoms with Crippen LogP contribution in [0.15, 0.2) is 89.6 Å². The second kappa shape index (κ2) is 11.8. The van der Waals surface area contributed by atoms with Crippen molar-refractivity contribution in [2.75, 3.05) is 0 Å². The van der Waals surface area contributed by atoms with Crippen LogP contribution in [0.4, 0.5) is 0 Å². The summed E-state index contributed by atoms with van der Waals surface area (Å²) in [6.45, 7) is 3.60. The van der Waals surface area contributed by atoms with Crippen molar-refractivity contribution < 1.29 is 32.7 Å². The average molecular weight is 711 g/mol. The van der Waals surface area contributed by atoms with E-state index in [4.69, 9.17) is 12.6 Å². The fraction of sp³-hybridized carbons (Fsp3) is 0.176. The number of nitrogens with zero attached hydrogens (tertiary/aromatic N) is 2. The molecule has 6 rings (SSSR count). The number of aromatic nitrogens is 2. The number of para-hydroxylation sites is 1. The first kappa shape index (κ1) is 21.4. The van der Waals surface area contributed by atoms with Gasteiger partial charge in [0.25, 0.3) is 0 Å². The molecule has 0 saturated heterocycles. The molecule has 199 valence electrons. The van der Waals surface area contributed by atoms with Gasteiger partial charge >= 0.3 is 0 Å². The number of aryl methyl sites for hydroxylation is 3. The summed E-state index contributed by atoms with van der Waals surface area (Å²) < 4.78 is 52.8. The van der Waals surface area contributed by atoms with Crippen LogP contribution in [-0.4, -0.2) is 18.0 Å². The van der Waals surface area contributed by atoms with E-state index in [-0.39, 0.29) is 31.2 Å². The Morgan fingerprint density at radius 1 is 0.846 bits per heavy atom. The smallest absolute Gasteiger partial charge is 0.120 e. The third-order valence-electron chi connectivity index (χ3n) is 6.32. The van der Waals surface area contributed by atoms with Gasteiger partial charge in [-0.1, -0.05) is 72.6 Å². The molecule has 0 fully saturated rings. The van der Waals surface area contributed by atoms with Crippen LogP contribution in [0, 0.1) is 32.8 Å². The Labute approximate surface area is 254 Å². The van der Waals surface area contributed by atoms with Gasteiger partial charge in [-0.15, -0.1) is 53.2 Å². The minimum Gasteiger partial charge on any atom is -0.501 e. The van der Waals surface area contributed by atoms with E-state index in [2.05, 4.69) is 47.8 Å². The molecule has 3 aromatic carbocycles. The fourth-order valence-corrected chi connectivity index (χ4v) is 5.83. The van der Waals surface area contributed by atoms with E-state index in [9.17, 15) is 0 Å². The quantitative estimate of drug-likeness (QED) is 0.137. The summed E-state index contributed by atoms with van der Waals surface area (Å²) in [5.41, 5.74) is 4.87. The maximum Gasteiger partial charge on any atom is 0.120 e. The molecular formula is C34H32IrN2OSi-2. The number of benzene rings is 3. The molecule has 3 aromatic heterocycles. The molecule has 3 nitrogen and oxygen atoms in total. The average Bonchev–Trinajstić information content (AvgIpc) is 3.36. The number of hydrogen-bond acceptors (Lipinski definition) is 3. The summed E-state index contributed by atoms with van der Waals surface area (Å²) in [4.78, 5) is 8.63. The van der Waals surface area contributed by atoms with E-state index in [0.29, 0.717) is 16.8 Å². The molecule has 0 unspecified atom stereocenters. The van der Waals surface area contributed by atoms with Gasteiger partial charge < -0.3 is 14.4 Å². The first-order chi connectivity index (χ1) is 20.6. The molecule has 0 aliphatic heterocycles. The van der Waals surface area contributed by atoms with Crippen LogP contribution in [0.5, 0.6) is 0 Å². The molecule has 1 radical (unpaired) electrons. The molecule has 3 heterocycles. The molecule has 5 heteroatoms. The van der Waals surface area contributed by atoms with Crippen molar-refractivity contribution in [2.24, 2.45) is 0 Å². The van der Waals surface area contributed by atoms with Crippen LogP contribution < -0.4 is 5.19 Å². The SMILES string of the molecule is Cc1ccc(-c2[c-]cccc2)nc1.[2H]C([2H])([2H])c1cnc(-c2[c-]cc([Si](C)(C)C)c3c2oc2ccccc23)cc1C([2H])([2H])[2H].[Ir]. The Bertz CT molecular complexity index is 1930. The summed E-state index contributed by atoms with van der Waals surface area (Å²) in [6, 6.07) is 29.4. The zero-order valence-electron chi connectivity index (χ0n) is 28.2. The second-order valence-corrected chi connectivity index (χ2v) is 15.3. The van der Waals surface area contributed by atoms with E-state index in [1.807, 2.05) is 73.8 Å². The van der Waals surface area contributed by atoms with Crippen molar-refractivity contribution in [2.45, 2.75) is 40.3 Å². The van der Waals surface area contributed by atoms with Crippen LogP contribution in [-0.2, 0) is 20.1 Å². The van der Waals surface area contributed by atoms with Crippen molar-refractivity contribution >= 4 is 35.2 Å². The Hall–Kier alpha value is -3.37. The zero-order valence-corrected chi connectivity index (χ0v) is 25.6. The van der Waals surface area contributed by atoms with Gasteiger partial charge in [0, 0.05) is 54.2 Å². The van der Waals surface area contributed by atoms with Crippen LogP contribution in [0.25, 0.3) is 44.5 Å². The van der Waals surface area contributed by atoms with Crippen molar-refractivity contribution in [3.8, 4) is 22.5 Å². The second-order valence-electron chi connectivity index (χ2n) is 10.2. The van der Waals surface area contributed by atoms with Gasteiger partial charge in [0.1, 0.15) is 5.58 Å². The number of furan rings is 1. The van der Waals surface area contributed by atoms with Crippen LogP contribution in [0.3, 0.4) is 0 Å². The van der Waals surface area contributed by atoms with Crippen molar-refractivity contribution in [3.05, 3.63) is 114 Å². The molecule has 0 amide bonds. The van der Waals surface area contributed by atoms with Crippen molar-refractivity contribution in [1.82, 2.24) is 9.97 Å². The standard InChI is InChI=1S/C22H22NOSi.C12H10N.Ir/c1-14-12-18(23-13-15(14)2)16-10-11-20(25(3,4)5)21-17-8-6-7-9-19(17)24-22(16)21;1-10-7-8-12(13-9-10)11-5-3-2-4-6-11;/h6-9,11-13H,1-5H3;2-5,7-9H,1H3;/q2*-1;/i1D3,2D3;;. The summed E-state index contributed by atoms with van der Waals surface area (Å²) >= 11 is 0. The predicted octanol–water partition coefficient (Wildman–Crippen LogP) is 8.46. The summed E-state index contributed by atoms with van der Waals surface area (Å²) in [6.07, 6.45) is 3.01. The van der Waals surface area contributed by atoms with Gasteiger partial charge in [0.05, 0.1) is 5.58 Å². The van der Waals surface area contributed by atoms with Crippen molar-refractivity contribution in [1.29, 1.82) is 0 Å². The molecule has 0 N–H and O–H groups in total. The number of fused-ring (bicyclic) bond motifs is 3. The summed E-state index contributed by atoms with van der Waals surface area (Å²) in [5.74, 6) is 0. The molecular weight excluding hydrogens is 673 g/mol. The fourth-order valence-electron chi connectivity index (χ4n) is 4.32. The Balaban J connectivity index is 0.000000275. The van der Waals surface area contributed by atoms with E-state index < -0.39 is 21.8 Å². The minimum atomic E-state index is -2.59. The number of hydrogen-bond donors (Lipinski definition) is 0. The molecule has 39 heavy (non-hydrogen) atoms. The van der Waals surface area contributed by atoms with E-state index in [1.165, 1.54) is 16.8 Å². The van der Waals surface area contributed by atoms with Gasteiger partial charge in [0.15, 0.2) is 0 Å². The largest absolute Gasteiger partial charge is 0.501 e. The number of pyridine rings is 2. The third kappa shape index (κ3) is 6.12. The van der Waals surface area contributed by atoms with Gasteiger partial charge in [-0.2, -0.15) is 0 Å². The normalized spacial score (nSPS) is 14.1. The molecule has 0 saturated carbocycles. The topological polar surface area (TPSA) is 38.9 Å². The molecule has 0 atom stereocenters. The van der Waals surface area contributed by atoms with Gasteiger partial charge in [0.2, 0.25) is 0 Å². The maximum atomic E-state index is 7.85. The van der Waals surface area contributed by atoms with Gasteiger partial charge in [-0.05, 0) is 49.2 Å². The predicted molar refractivity (Wildman–Crippen MR) is 161 cm³/mol. The Morgan fingerprint density at radius 3 is 2.31 bits per heavy atom. The zero-order chi connectivity index (χ0) is 31.9. The monoisotopic (exact) mass is 711 g/mol. The Morgan fingerprint density at radius 2 is 1.62 bits per heavy atom. The molecule has 0 bridgehead atoms. The first-order valence-corrected chi connectivity index (χ1v) is 15.9. The minimum absolute atomic E-state index is 0. The van der Waals surface area contributed by atoms with E-state index >= 15 is 0 Å². The summed E-state index contributed by atoms with van der Waals surface area (Å²) in [5, 5.41) is 3.16. The molecule has 0 aliphatic rings. The van der Waals surface area contributed by atoms with Gasteiger partial charge in [-0.3, -0.25) is 0 Å².